The summed E-state index contributed by atoms with van der Waals surface area (Å²) >= 11 is 0. The molecule has 0 radical (unpaired) electrons. The lowest BCUT2D eigenvalue weighted by molar-refractivity contribution is -0.0642. The van der Waals surface area contributed by atoms with Crippen molar-refractivity contribution in [2.45, 2.75) is 123 Å². The molecule has 0 aromatic carbocycles. The number of anilines is 5. The van der Waals surface area contributed by atoms with Gasteiger partial charge in [-0.2, -0.15) is 0 Å². The highest BCUT2D eigenvalue weighted by atomic mass is 31.2. The highest BCUT2D eigenvalue weighted by molar-refractivity contribution is 7.48. The summed E-state index contributed by atoms with van der Waals surface area (Å²) in [5.41, 5.74) is 30.0. The van der Waals surface area contributed by atoms with Gasteiger partial charge in [-0.25, -0.2) is 93.0 Å². The number of fused-ring (bicyclic) bond motifs is 5. The number of hydrogen-bond donors (Lipinski definition) is 16. The third-order valence-electron chi connectivity index (χ3n) is 17.7. The molecule has 57 heteroatoms. The van der Waals surface area contributed by atoms with E-state index in [0.717, 1.165) is 64.3 Å². The van der Waals surface area contributed by atoms with Crippen molar-refractivity contribution in [3.8, 4) is 0 Å². The van der Waals surface area contributed by atoms with Gasteiger partial charge in [0.15, 0.2) is 88.5 Å². The second-order valence-electron chi connectivity index (χ2n) is 24.2. The second kappa shape index (κ2) is 28.6. The number of hydrogen-bond acceptors (Lipinski definition) is 44. The highest BCUT2D eigenvalue weighted by Gasteiger charge is 2.57. The predicted octanol–water partition coefficient (Wildman–Crippen LogP) is -5.25. The maximum Gasteiger partial charge on any atom is 0.472 e. The molecule has 5 aliphatic heterocycles. The zero-order valence-electron chi connectivity index (χ0n) is 53.8. The molecule has 0 amide bonds. The van der Waals surface area contributed by atoms with Gasteiger partial charge < -0.3 is 108 Å². The van der Waals surface area contributed by atoms with Crippen molar-refractivity contribution >= 4 is 116 Å². The van der Waals surface area contributed by atoms with E-state index in [0.29, 0.717) is 0 Å². The monoisotopic (exact) mass is 1580 g/mol. The first-order valence-electron chi connectivity index (χ1n) is 31.2. The Hall–Kier alpha value is -8.29. The van der Waals surface area contributed by atoms with Crippen LogP contribution in [0.4, 0.5) is 29.1 Å². The molecule has 10 aromatic rings. The quantitative estimate of drug-likeness (QED) is 0.0225. The van der Waals surface area contributed by atoms with Crippen molar-refractivity contribution in [1.29, 1.82) is 0 Å². The number of ether oxygens (including phenoxy) is 5. The van der Waals surface area contributed by atoms with E-state index >= 15 is 0 Å². The molecule has 0 bridgehead atoms. The fourth-order valence-electron chi connectivity index (χ4n) is 12.7. The van der Waals surface area contributed by atoms with Gasteiger partial charge in [-0.1, -0.05) is 0 Å². The summed E-state index contributed by atoms with van der Waals surface area (Å²) in [6.07, 6.45) is -26.2. The smallest absolute Gasteiger partial charge is 0.394 e. The van der Waals surface area contributed by atoms with Crippen LogP contribution in [-0.4, -0.2) is 278 Å². The Morgan fingerprint density at radius 3 is 0.785 bits per heavy atom. The number of aliphatic hydroxyl groups excluding tert-OH is 7. The summed E-state index contributed by atoms with van der Waals surface area (Å²) in [4.78, 5) is 106. The van der Waals surface area contributed by atoms with E-state index in [1.807, 2.05) is 0 Å². The zero-order valence-corrected chi connectivity index (χ0v) is 57.4. The maximum atomic E-state index is 14.4. The van der Waals surface area contributed by atoms with Gasteiger partial charge in [-0.3, -0.25) is 59.0 Å². The summed E-state index contributed by atoms with van der Waals surface area (Å²) in [5.74, 6) is -0.477. The van der Waals surface area contributed by atoms with Crippen molar-refractivity contribution in [3.63, 3.8) is 0 Å². The Morgan fingerprint density at radius 1 is 0.318 bits per heavy atom. The topological polar surface area (TPSA) is 759 Å². The van der Waals surface area contributed by atoms with E-state index in [4.69, 9.17) is 88.5 Å². The molecule has 15 heterocycles. The molecule has 0 aliphatic carbocycles. The summed E-state index contributed by atoms with van der Waals surface area (Å²) < 4.78 is 136. The number of nitrogens with two attached hydrogens (primary N) is 5. The lowest BCUT2D eigenvalue weighted by Crippen LogP contribution is -2.38. The van der Waals surface area contributed by atoms with E-state index in [1.165, 1.54) is 21.8 Å². The van der Waals surface area contributed by atoms with E-state index in [9.17, 15) is 73.6 Å². The molecular formula is C50H61N25O28P4. The second-order valence-corrected chi connectivity index (χ2v) is 29.8. The minimum absolute atomic E-state index is 0.00771. The fraction of sp³-hybridized carbons (Fsp3) is 0.500. The van der Waals surface area contributed by atoms with Gasteiger partial charge in [-0.15, -0.1) is 0 Å². The maximum absolute atomic E-state index is 14.4. The van der Waals surface area contributed by atoms with E-state index in [1.54, 1.807) is 0 Å². The summed E-state index contributed by atoms with van der Waals surface area (Å²) in [5, 5.41) is 79.8. The van der Waals surface area contributed by atoms with Gasteiger partial charge in [0.25, 0.3) is 0 Å². The average Bonchev–Trinajstić information content (AvgIpc) is 1.63. The molecule has 0 saturated carbocycles. The molecule has 53 nitrogen and oxygen atoms in total. The van der Waals surface area contributed by atoms with Crippen LogP contribution in [0.25, 0.3) is 55.8 Å². The molecule has 107 heavy (non-hydrogen) atoms. The van der Waals surface area contributed by atoms with Crippen LogP contribution < -0.4 is 28.7 Å². The molecule has 574 valence electrons. The molecule has 0 spiro atoms. The molecule has 5 aliphatic rings. The Morgan fingerprint density at radius 2 is 0.533 bits per heavy atom. The molecule has 24 atom stereocenters. The van der Waals surface area contributed by atoms with Crippen LogP contribution in [0.1, 0.15) is 31.1 Å². The van der Waals surface area contributed by atoms with Gasteiger partial charge in [0.05, 0.1) is 64.7 Å². The van der Waals surface area contributed by atoms with E-state index < -0.39 is 187 Å². The first-order chi connectivity index (χ1) is 51.0. The largest absolute Gasteiger partial charge is 0.472 e. The van der Waals surface area contributed by atoms with Crippen LogP contribution in [-0.2, 0) is 78.1 Å². The minimum atomic E-state index is -5.80. The normalized spacial score (nSPS) is 32.1. The Bertz CT molecular complexity index is 5180. The first-order valence-corrected chi connectivity index (χ1v) is 37.2. The van der Waals surface area contributed by atoms with Crippen LogP contribution in [0, 0.1) is 0 Å². The fourth-order valence-corrected chi connectivity index (χ4v) is 16.5. The van der Waals surface area contributed by atoms with E-state index in [2.05, 4.69) is 74.8 Å². The van der Waals surface area contributed by atoms with Gasteiger partial charge in [0, 0.05) is 0 Å². The third kappa shape index (κ3) is 14.0. The highest BCUT2D eigenvalue weighted by Crippen LogP contribution is 2.56. The minimum Gasteiger partial charge on any atom is -0.394 e. The number of aromatic nitrogens is 20. The zero-order chi connectivity index (χ0) is 75.5. The summed E-state index contributed by atoms with van der Waals surface area (Å²) in [6, 6.07) is 0. The van der Waals surface area contributed by atoms with Crippen molar-refractivity contribution in [3.05, 3.63) is 63.3 Å². The molecule has 4 unspecified atom stereocenters. The Labute approximate surface area is 593 Å². The SMILES string of the molecule is Nc1ncnc2c1ncn2[C@@H]1O[C@H](COP(=O)(O)O[C@H]2[C@@H](O)[C@H](n3cnc4c(N)ncnc43)O[C@@H]2COP(=O)(O)O[C@H]2[C@@H](O)[C@H](n3cnc4c(N)ncnc43)O[C@@H]2COP(=O)(O)O[C@H]2[C@@H](O)[C@H](n3cnc4c(N)ncnc43)O[C@@H]2COP(=O)(O)O[C@H]2[C@@H](O)[C@H](n3cnc4c(N)ncnc43)O[C@@H]2CO)[C@@H](O)[C@H]1O. The third-order valence-corrected chi connectivity index (χ3v) is 21.6. The van der Waals surface area contributed by atoms with Crippen molar-refractivity contribution in [1.82, 2.24) is 97.6 Å². The van der Waals surface area contributed by atoms with Crippen LogP contribution in [0.5, 0.6) is 0 Å². The lowest BCUT2D eigenvalue weighted by Gasteiger charge is -2.27. The van der Waals surface area contributed by atoms with Crippen LogP contribution in [0.3, 0.4) is 0 Å². The number of phosphoric acid groups is 4. The lowest BCUT2D eigenvalue weighted by atomic mass is 10.1. The number of nitrogen functional groups attached to an aromatic ring is 5. The first kappa shape index (κ1) is 74.2. The average molecular weight is 1580 g/mol. The van der Waals surface area contributed by atoms with Crippen LogP contribution in [0.2, 0.25) is 0 Å². The molecule has 21 N–H and O–H groups in total. The Balaban J connectivity index is 0.660. The van der Waals surface area contributed by atoms with Crippen LogP contribution in [0.15, 0.2) is 63.3 Å². The molecular weight excluding hydrogens is 1520 g/mol. The van der Waals surface area contributed by atoms with E-state index in [-0.39, 0.29) is 84.9 Å². The Kier molecular flexibility index (Phi) is 19.8. The number of phosphoric ester groups is 4. The predicted molar refractivity (Wildman–Crippen MR) is 344 cm³/mol. The number of rotatable bonds is 26. The molecule has 10 aromatic heterocycles. The molecule has 15 rings (SSSR count). The number of aliphatic hydroxyl groups is 7. The summed E-state index contributed by atoms with van der Waals surface area (Å²) in [7, 11) is -22.7. The number of imidazole rings is 5. The molecule has 5 saturated heterocycles. The van der Waals surface area contributed by atoms with Gasteiger partial charge >= 0.3 is 31.3 Å². The van der Waals surface area contributed by atoms with Crippen molar-refractivity contribution in [2.75, 3.05) is 61.7 Å². The van der Waals surface area contributed by atoms with Crippen molar-refractivity contribution in [2.24, 2.45) is 0 Å². The molecule has 5 fully saturated rings. The van der Waals surface area contributed by atoms with Crippen molar-refractivity contribution < 1.29 is 133 Å². The van der Waals surface area contributed by atoms with Crippen LogP contribution >= 0.6 is 31.3 Å². The van der Waals surface area contributed by atoms with Gasteiger partial charge in [0.1, 0.15) is 151 Å². The summed E-state index contributed by atoms with van der Waals surface area (Å²) in [6.45, 7) is -5.57. The standard InChI is InChI=1S/C50H61N25O28P4/c51-36-21-41(61-6-56-36)71(11-66-21)46-27(78)26(77)17(96-46)2-91-104(83,84)101-33-19(98-48(29(33)80)73-13-68-23-38(53)58-8-63-43(23)73)4-93-106(87,88)103-35-20(99-50(31(35)82)75-15-70-25-40(55)60-10-65-45(25)75)5-94-107(89,90)102-34-18(97-49(30(34)81)74-14-69-24-39(54)59-9-64-44(24)74)3-92-105(85,86)100-32-16(1-76)95-47(28(32)79)72-12-67-22-37(52)57-7-62-42(22)72/h6-20,26-35,46-50,76-82H,1-5H2,(H,83,84)(H,85,86)(H,87,88)(H,89,90)(H2,51,56,61)(H2,52,57,62)(H2,53,58,63)(H2,54,59,64)(H2,55,60,65)/t16-,17-,18-,19-,20-,26-,27-,28-,29-,30-,31-,32-,33-,34-,35-,46-,47-,48-,49-,50-/m1/s1. The van der Waals surface area contributed by atoms with Gasteiger partial charge in [0.2, 0.25) is 0 Å². The number of nitrogens with zero attached hydrogens (tertiary/aromatic N) is 20. The van der Waals surface area contributed by atoms with Gasteiger partial charge in [-0.05, 0) is 0 Å².